The molecule has 2 aliphatic rings. The van der Waals surface area contributed by atoms with Crippen molar-refractivity contribution in [2.45, 2.75) is 43.7 Å². The minimum atomic E-state index is -0.630. The molecule has 39 heavy (non-hydrogen) atoms. The number of nitrogens with zero attached hydrogens (tertiary/aromatic N) is 6. The smallest absolute Gasteiger partial charge is 0.242 e. The molecule has 198 valence electrons. The lowest BCUT2D eigenvalue weighted by Gasteiger charge is -2.33. The van der Waals surface area contributed by atoms with Gasteiger partial charge in [-0.1, -0.05) is 42.5 Å². The predicted octanol–water partition coefficient (Wildman–Crippen LogP) is 4.26. The summed E-state index contributed by atoms with van der Waals surface area (Å²) in [5, 5.41) is 10.1. The lowest BCUT2D eigenvalue weighted by molar-refractivity contribution is -0.134. The normalized spacial score (nSPS) is 17.2. The zero-order valence-corrected chi connectivity index (χ0v) is 21.5. The van der Waals surface area contributed by atoms with Crippen LogP contribution in [-0.2, 0) is 11.3 Å². The van der Waals surface area contributed by atoms with Crippen molar-refractivity contribution >= 4 is 34.0 Å². The first-order valence-corrected chi connectivity index (χ1v) is 13.4. The van der Waals surface area contributed by atoms with E-state index in [1.54, 1.807) is 4.68 Å². The van der Waals surface area contributed by atoms with Crippen LogP contribution in [0.15, 0.2) is 60.9 Å². The van der Waals surface area contributed by atoms with Gasteiger partial charge in [0.1, 0.15) is 11.8 Å². The van der Waals surface area contributed by atoms with E-state index in [-0.39, 0.29) is 11.8 Å². The number of hydrogen-bond acceptors (Lipinski definition) is 6. The van der Waals surface area contributed by atoms with Crippen LogP contribution in [0.5, 0.6) is 0 Å². The van der Waals surface area contributed by atoms with Gasteiger partial charge in [-0.25, -0.2) is 9.50 Å². The second-order valence-corrected chi connectivity index (χ2v) is 10.8. The van der Waals surface area contributed by atoms with Gasteiger partial charge in [-0.2, -0.15) is 5.10 Å². The third-order valence-electron chi connectivity index (χ3n) is 8.25. The summed E-state index contributed by atoms with van der Waals surface area (Å²) in [4.78, 5) is 18.9. The summed E-state index contributed by atoms with van der Waals surface area (Å²) in [6, 6.07) is 18.2. The number of benzene rings is 2. The Kier molecular flexibility index (Phi) is 5.34. The molecule has 0 unspecified atom stereocenters. The Morgan fingerprint density at radius 1 is 1.08 bits per heavy atom. The highest BCUT2D eigenvalue weighted by Crippen LogP contribution is 2.40. The van der Waals surface area contributed by atoms with Crippen molar-refractivity contribution < 1.29 is 4.79 Å². The lowest BCUT2D eigenvalue weighted by Crippen LogP contribution is -2.48. The molecule has 10 heteroatoms. The third kappa shape index (κ3) is 3.99. The Morgan fingerprint density at radius 3 is 2.59 bits per heavy atom. The van der Waals surface area contributed by atoms with Crippen LogP contribution in [0.4, 0.5) is 11.6 Å². The molecular weight excluding hydrogens is 490 g/mol. The molecule has 0 bridgehead atoms. The van der Waals surface area contributed by atoms with Crippen molar-refractivity contribution in [1.29, 1.82) is 0 Å². The molecule has 1 aliphatic carbocycles. The molecule has 2 aromatic carbocycles. The molecule has 3 aromatic heterocycles. The fraction of sp³-hybridized carbons (Fsp3) is 0.310. The van der Waals surface area contributed by atoms with E-state index in [0.717, 1.165) is 64.5 Å². The molecule has 1 aliphatic heterocycles. The molecule has 1 saturated carbocycles. The van der Waals surface area contributed by atoms with E-state index in [4.69, 9.17) is 22.3 Å². The number of fused-ring (bicyclic) bond motifs is 2. The highest BCUT2D eigenvalue weighted by molar-refractivity contribution is 5.96. The van der Waals surface area contributed by atoms with Crippen LogP contribution < -0.4 is 11.5 Å². The highest BCUT2D eigenvalue weighted by atomic mass is 16.2. The number of nitrogen functional groups attached to an aromatic ring is 1. The van der Waals surface area contributed by atoms with Gasteiger partial charge in [0.25, 0.3) is 0 Å². The molecule has 1 amide bonds. The van der Waals surface area contributed by atoms with Crippen LogP contribution in [0.3, 0.4) is 0 Å². The van der Waals surface area contributed by atoms with Crippen molar-refractivity contribution in [3.8, 4) is 11.1 Å². The molecule has 2 fully saturated rings. The van der Waals surface area contributed by atoms with Crippen LogP contribution in [0.25, 0.3) is 33.3 Å². The third-order valence-corrected chi connectivity index (χ3v) is 8.25. The number of rotatable bonds is 5. The van der Waals surface area contributed by atoms with Gasteiger partial charge in [0.05, 0.1) is 11.1 Å². The largest absolute Gasteiger partial charge is 0.480 e. The monoisotopic (exact) mass is 520 g/mol. The average Bonchev–Trinajstić information content (AvgIpc) is 3.47. The summed E-state index contributed by atoms with van der Waals surface area (Å²) < 4.78 is 3.63. The minimum absolute atomic E-state index is 0.0852. The molecule has 5 aromatic rings. The quantitative estimate of drug-likeness (QED) is 0.354. The van der Waals surface area contributed by atoms with Gasteiger partial charge in [-0.05, 0) is 61.3 Å². The number of amides is 1. The Bertz CT molecular complexity index is 1710. The van der Waals surface area contributed by atoms with Gasteiger partial charge in [-0.15, -0.1) is 0 Å². The summed E-state index contributed by atoms with van der Waals surface area (Å²) in [5.41, 5.74) is 26.1. The van der Waals surface area contributed by atoms with E-state index < -0.39 is 5.54 Å². The number of hydrogen-bond donors (Lipinski definition) is 2. The number of nitrogens with one attached hydrogen (secondary N) is 1. The van der Waals surface area contributed by atoms with E-state index >= 15 is 0 Å². The van der Waals surface area contributed by atoms with Gasteiger partial charge in [0.15, 0.2) is 5.82 Å². The topological polar surface area (TPSA) is 144 Å². The molecule has 0 spiro atoms. The van der Waals surface area contributed by atoms with Crippen LogP contribution in [0.2, 0.25) is 0 Å². The summed E-state index contributed by atoms with van der Waals surface area (Å²) in [7, 11) is 0. The zero-order chi connectivity index (χ0) is 26.7. The second kappa shape index (κ2) is 8.81. The minimum Gasteiger partial charge on any atom is -0.480 e. The number of piperidine rings is 1. The first-order valence-electron chi connectivity index (χ1n) is 13.4. The number of anilines is 1. The lowest BCUT2D eigenvalue weighted by atomic mass is 9.92. The number of carbonyl (C=O) groups is 1. The SMILES string of the molecule is [NH-]c1c2ccc(-c3cc(C4CCN(C(=O)C5(N)CC5)CC4)n4ncnc(N)c34)cc2nn1Cc1ccccc1. The highest BCUT2D eigenvalue weighted by Gasteiger charge is 2.48. The average molecular weight is 521 g/mol. The maximum atomic E-state index is 12.7. The Morgan fingerprint density at radius 2 is 1.85 bits per heavy atom. The summed E-state index contributed by atoms with van der Waals surface area (Å²) in [6.45, 7) is 1.90. The fourth-order valence-electron chi connectivity index (χ4n) is 5.82. The van der Waals surface area contributed by atoms with E-state index in [2.05, 4.69) is 16.1 Å². The van der Waals surface area contributed by atoms with Crippen molar-refractivity contribution in [1.82, 2.24) is 29.3 Å². The van der Waals surface area contributed by atoms with E-state index in [1.807, 2.05) is 57.9 Å². The van der Waals surface area contributed by atoms with Gasteiger partial charge in [0, 0.05) is 35.7 Å². The molecule has 5 N–H and O–H groups in total. The number of nitrogens with two attached hydrogens (primary N) is 2. The first-order chi connectivity index (χ1) is 18.9. The van der Waals surface area contributed by atoms with E-state index in [0.29, 0.717) is 31.3 Å². The predicted molar refractivity (Wildman–Crippen MR) is 150 cm³/mol. The number of aromatic nitrogens is 5. The van der Waals surface area contributed by atoms with Crippen LogP contribution in [0, 0.1) is 0 Å². The maximum Gasteiger partial charge on any atom is 0.242 e. The molecule has 4 heterocycles. The van der Waals surface area contributed by atoms with Crippen LogP contribution in [0.1, 0.15) is 42.9 Å². The van der Waals surface area contributed by atoms with Gasteiger partial charge in [0.2, 0.25) is 5.91 Å². The molecule has 1 saturated heterocycles. The Hall–Kier alpha value is -4.44. The van der Waals surface area contributed by atoms with Gasteiger partial charge in [-0.3, -0.25) is 9.89 Å². The van der Waals surface area contributed by atoms with E-state index in [9.17, 15) is 4.79 Å². The Labute approximate surface area is 225 Å². The number of carbonyl (C=O) groups excluding carboxylic acids is 1. The molecule has 7 rings (SSSR count). The molecule has 0 atom stereocenters. The second-order valence-electron chi connectivity index (χ2n) is 10.8. The van der Waals surface area contributed by atoms with Crippen molar-refractivity contribution in [3.63, 3.8) is 0 Å². The zero-order valence-electron chi connectivity index (χ0n) is 21.5. The maximum absolute atomic E-state index is 12.7. The summed E-state index contributed by atoms with van der Waals surface area (Å²) in [6.07, 6.45) is 4.72. The van der Waals surface area contributed by atoms with Crippen molar-refractivity contribution in [3.05, 3.63) is 77.9 Å². The van der Waals surface area contributed by atoms with Gasteiger partial charge >= 0.3 is 0 Å². The van der Waals surface area contributed by atoms with Crippen molar-refractivity contribution in [2.24, 2.45) is 5.73 Å². The Balaban J connectivity index is 1.23. The summed E-state index contributed by atoms with van der Waals surface area (Å²) in [5.74, 6) is 1.11. The summed E-state index contributed by atoms with van der Waals surface area (Å²) >= 11 is 0. The van der Waals surface area contributed by atoms with Crippen LogP contribution >= 0.6 is 0 Å². The molecular formula is C29H30N9O-. The molecule has 0 radical (unpaired) electrons. The van der Waals surface area contributed by atoms with Crippen LogP contribution in [-0.4, -0.2) is 53.8 Å². The van der Waals surface area contributed by atoms with Crippen molar-refractivity contribution in [2.75, 3.05) is 18.8 Å². The van der Waals surface area contributed by atoms with E-state index in [1.165, 1.54) is 6.33 Å². The van der Waals surface area contributed by atoms with Gasteiger partial charge < -0.3 is 26.8 Å². The fourth-order valence-corrected chi connectivity index (χ4v) is 5.82. The standard InChI is InChI=1S/C29H30N9O/c30-26-25-22(20-6-7-21-23(14-20)35-37(27(21)31)16-18-4-2-1-3-5-18)15-24(38(25)34-17-33-26)19-8-12-36(13-9-19)28(39)29(32)10-11-29/h1-7,14-15,17,19H,8-13,16,32H2,(H3-,30,31,33,34,35)/q-1. The molecule has 10 nitrogen and oxygen atoms in total. The number of likely N-dealkylation sites (tertiary alicyclic amines) is 1. The first kappa shape index (κ1) is 23.7.